The molecule has 4 aromatic carbocycles. The minimum absolute atomic E-state index is 0.377. The van der Waals surface area contributed by atoms with Gasteiger partial charge in [0.25, 0.3) is 0 Å². The number of halogens is 2. The first-order chi connectivity index (χ1) is 16.1. The Bertz CT molecular complexity index is 1190. The lowest BCUT2D eigenvalue weighted by Gasteiger charge is -2.12. The van der Waals surface area contributed by atoms with Gasteiger partial charge in [0.2, 0.25) is 0 Å². The summed E-state index contributed by atoms with van der Waals surface area (Å²) in [5, 5.41) is 0. The van der Waals surface area contributed by atoms with Crippen molar-refractivity contribution >= 4 is 12.2 Å². The summed E-state index contributed by atoms with van der Waals surface area (Å²) in [7, 11) is 0. The second-order valence-electron chi connectivity index (χ2n) is 8.57. The van der Waals surface area contributed by atoms with Crippen LogP contribution in [0.25, 0.3) is 12.2 Å². The van der Waals surface area contributed by atoms with Gasteiger partial charge in [-0.25, -0.2) is 8.78 Å². The van der Waals surface area contributed by atoms with Crippen LogP contribution in [-0.2, 0) is 19.3 Å². The fraction of sp³-hybridized carbons (Fsp3) is 0.161. The standard InChI is InChI=1S/C31H28F2/c1-23(28-5-3-2-4-6-28)21-27-15-13-25(14-16-27)8-7-24-9-11-26(12-10-24)17-18-29-19-20-30(32)22-31(29)33/h2-6,9-20,22-23H,7-8,21H2,1H3/b18-17+. The molecule has 0 radical (unpaired) electrons. The predicted octanol–water partition coefficient (Wildman–Crippen LogP) is 8.27. The summed E-state index contributed by atoms with van der Waals surface area (Å²) in [4.78, 5) is 0. The summed E-state index contributed by atoms with van der Waals surface area (Å²) >= 11 is 0. The van der Waals surface area contributed by atoms with Gasteiger partial charge in [0, 0.05) is 11.6 Å². The number of rotatable bonds is 8. The highest BCUT2D eigenvalue weighted by molar-refractivity contribution is 5.69. The molecule has 0 amide bonds. The molecule has 0 fully saturated rings. The van der Waals surface area contributed by atoms with Crippen molar-refractivity contribution in [3.05, 3.63) is 142 Å². The predicted molar refractivity (Wildman–Crippen MR) is 134 cm³/mol. The smallest absolute Gasteiger partial charge is 0.133 e. The summed E-state index contributed by atoms with van der Waals surface area (Å²) in [5.41, 5.74) is 6.71. The zero-order chi connectivity index (χ0) is 23.0. The van der Waals surface area contributed by atoms with Gasteiger partial charge in [-0.05, 0) is 65.1 Å². The normalized spacial score (nSPS) is 12.2. The summed E-state index contributed by atoms with van der Waals surface area (Å²) in [6, 6.07) is 31.5. The lowest BCUT2D eigenvalue weighted by molar-refractivity contribution is 0.581. The highest BCUT2D eigenvalue weighted by Crippen LogP contribution is 2.21. The molecule has 4 rings (SSSR count). The van der Waals surface area contributed by atoms with Crippen LogP contribution in [0.4, 0.5) is 8.78 Å². The maximum absolute atomic E-state index is 13.8. The molecular formula is C31H28F2. The van der Waals surface area contributed by atoms with E-state index in [4.69, 9.17) is 0 Å². The van der Waals surface area contributed by atoms with Crippen LogP contribution >= 0.6 is 0 Å². The Hall–Kier alpha value is -3.52. The molecule has 0 spiro atoms. The Morgan fingerprint density at radius 1 is 0.667 bits per heavy atom. The Balaban J connectivity index is 1.29. The average Bonchev–Trinajstić information content (AvgIpc) is 2.84. The summed E-state index contributed by atoms with van der Waals surface area (Å²) in [6.45, 7) is 2.28. The van der Waals surface area contributed by atoms with Crippen LogP contribution in [0.1, 0.15) is 46.2 Å². The van der Waals surface area contributed by atoms with Gasteiger partial charge in [-0.1, -0.05) is 97.9 Å². The highest BCUT2D eigenvalue weighted by Gasteiger charge is 2.06. The van der Waals surface area contributed by atoms with Crippen LogP contribution in [0.3, 0.4) is 0 Å². The van der Waals surface area contributed by atoms with Crippen molar-refractivity contribution in [1.29, 1.82) is 0 Å². The van der Waals surface area contributed by atoms with E-state index in [1.165, 1.54) is 34.4 Å². The van der Waals surface area contributed by atoms with Gasteiger partial charge >= 0.3 is 0 Å². The molecule has 4 aromatic rings. The Labute approximate surface area is 195 Å². The van der Waals surface area contributed by atoms with Crippen LogP contribution in [0.15, 0.2) is 97.1 Å². The number of benzene rings is 4. The van der Waals surface area contributed by atoms with Gasteiger partial charge in [-0.2, -0.15) is 0 Å². The van der Waals surface area contributed by atoms with Gasteiger partial charge in [-0.15, -0.1) is 0 Å². The molecule has 0 saturated heterocycles. The maximum atomic E-state index is 13.8. The minimum Gasteiger partial charge on any atom is -0.207 e. The van der Waals surface area contributed by atoms with Crippen molar-refractivity contribution in [3.63, 3.8) is 0 Å². The lowest BCUT2D eigenvalue weighted by atomic mass is 9.93. The van der Waals surface area contributed by atoms with Crippen LogP contribution in [-0.4, -0.2) is 0 Å². The SMILES string of the molecule is CC(Cc1ccc(CCc2ccc(/C=C/c3ccc(F)cc3F)cc2)cc1)c1ccccc1. The largest absolute Gasteiger partial charge is 0.207 e. The first-order valence-corrected chi connectivity index (χ1v) is 11.4. The quantitative estimate of drug-likeness (QED) is 0.243. The molecule has 0 aliphatic rings. The third-order valence-electron chi connectivity index (χ3n) is 6.03. The van der Waals surface area contributed by atoms with Crippen molar-refractivity contribution in [2.75, 3.05) is 0 Å². The second-order valence-corrected chi connectivity index (χ2v) is 8.57. The zero-order valence-electron chi connectivity index (χ0n) is 18.8. The Morgan fingerprint density at radius 3 is 1.91 bits per heavy atom. The van der Waals surface area contributed by atoms with E-state index in [9.17, 15) is 8.78 Å². The van der Waals surface area contributed by atoms with Crippen molar-refractivity contribution in [1.82, 2.24) is 0 Å². The number of hydrogen-bond acceptors (Lipinski definition) is 0. The second kappa shape index (κ2) is 10.9. The summed E-state index contributed by atoms with van der Waals surface area (Å²) in [6.07, 6.45) is 6.52. The minimum atomic E-state index is -0.564. The molecule has 0 bridgehead atoms. The first-order valence-electron chi connectivity index (χ1n) is 11.4. The molecule has 2 heteroatoms. The molecule has 166 valence electrons. The molecule has 0 saturated carbocycles. The van der Waals surface area contributed by atoms with Crippen LogP contribution in [0.2, 0.25) is 0 Å². The highest BCUT2D eigenvalue weighted by atomic mass is 19.1. The molecule has 0 aliphatic carbocycles. The molecule has 0 heterocycles. The molecular weight excluding hydrogens is 410 g/mol. The average molecular weight is 439 g/mol. The molecule has 1 unspecified atom stereocenters. The third-order valence-corrected chi connectivity index (χ3v) is 6.03. The summed E-state index contributed by atoms with van der Waals surface area (Å²) in [5.74, 6) is -0.613. The molecule has 0 aromatic heterocycles. The molecule has 0 N–H and O–H groups in total. The molecule has 0 nitrogen and oxygen atoms in total. The maximum Gasteiger partial charge on any atom is 0.133 e. The van der Waals surface area contributed by atoms with Gasteiger partial charge in [0.1, 0.15) is 11.6 Å². The Kier molecular flexibility index (Phi) is 7.47. The van der Waals surface area contributed by atoms with E-state index in [1.54, 1.807) is 6.08 Å². The Morgan fingerprint density at radius 2 is 1.27 bits per heavy atom. The van der Waals surface area contributed by atoms with E-state index < -0.39 is 11.6 Å². The first kappa shape index (κ1) is 22.7. The van der Waals surface area contributed by atoms with Crippen LogP contribution < -0.4 is 0 Å². The van der Waals surface area contributed by atoms with Gasteiger partial charge in [0.15, 0.2) is 0 Å². The van der Waals surface area contributed by atoms with E-state index in [1.807, 2.05) is 18.2 Å². The third kappa shape index (κ3) is 6.49. The number of aryl methyl sites for hydroxylation is 2. The monoisotopic (exact) mass is 438 g/mol. The van der Waals surface area contributed by atoms with E-state index in [0.717, 1.165) is 30.9 Å². The lowest BCUT2D eigenvalue weighted by Crippen LogP contribution is -1.99. The molecule has 0 aliphatic heterocycles. The van der Waals surface area contributed by atoms with Crippen molar-refractivity contribution in [3.8, 4) is 0 Å². The molecule has 1 atom stereocenters. The fourth-order valence-corrected chi connectivity index (χ4v) is 4.00. The topological polar surface area (TPSA) is 0 Å². The number of hydrogen-bond donors (Lipinski definition) is 0. The van der Waals surface area contributed by atoms with Gasteiger partial charge in [-0.3, -0.25) is 0 Å². The fourth-order valence-electron chi connectivity index (χ4n) is 4.00. The van der Waals surface area contributed by atoms with E-state index >= 15 is 0 Å². The zero-order valence-corrected chi connectivity index (χ0v) is 18.8. The molecule has 33 heavy (non-hydrogen) atoms. The van der Waals surface area contributed by atoms with Gasteiger partial charge < -0.3 is 0 Å². The van der Waals surface area contributed by atoms with Crippen LogP contribution in [0, 0.1) is 11.6 Å². The van der Waals surface area contributed by atoms with E-state index in [0.29, 0.717) is 11.5 Å². The van der Waals surface area contributed by atoms with Crippen molar-refractivity contribution in [2.45, 2.75) is 32.1 Å². The van der Waals surface area contributed by atoms with Crippen LogP contribution in [0.5, 0.6) is 0 Å². The van der Waals surface area contributed by atoms with E-state index in [-0.39, 0.29) is 0 Å². The van der Waals surface area contributed by atoms with Crippen molar-refractivity contribution < 1.29 is 8.78 Å². The van der Waals surface area contributed by atoms with Crippen molar-refractivity contribution in [2.24, 2.45) is 0 Å². The van der Waals surface area contributed by atoms with E-state index in [2.05, 4.69) is 73.7 Å². The van der Waals surface area contributed by atoms with Gasteiger partial charge in [0.05, 0.1) is 0 Å². The summed E-state index contributed by atoms with van der Waals surface area (Å²) < 4.78 is 26.8.